The third-order valence-electron chi connectivity index (χ3n) is 3.32. The molecule has 1 aliphatic rings. The van der Waals surface area contributed by atoms with Crippen molar-refractivity contribution in [1.29, 1.82) is 5.26 Å². The second kappa shape index (κ2) is 5.75. The molecule has 1 aromatic carbocycles. The summed E-state index contributed by atoms with van der Waals surface area (Å²) in [5.74, 6) is -1.59. The van der Waals surface area contributed by atoms with Crippen molar-refractivity contribution in [2.45, 2.75) is 17.7 Å². The predicted octanol–water partition coefficient (Wildman–Crippen LogP) is 1.66. The molecule has 0 aliphatic carbocycles. The molecule has 0 spiro atoms. The van der Waals surface area contributed by atoms with Gasteiger partial charge in [0.1, 0.15) is 0 Å². The number of halogens is 1. The van der Waals surface area contributed by atoms with Gasteiger partial charge < -0.3 is 0 Å². The van der Waals surface area contributed by atoms with Crippen LogP contribution < -0.4 is 0 Å². The second-order valence-electron chi connectivity index (χ2n) is 4.70. The lowest BCUT2D eigenvalue weighted by molar-refractivity contribution is -0.387. The lowest BCUT2D eigenvalue weighted by Crippen LogP contribution is -2.39. The fourth-order valence-corrected chi connectivity index (χ4v) is 3.75. The van der Waals surface area contributed by atoms with E-state index in [1.807, 2.05) is 6.07 Å². The fourth-order valence-electron chi connectivity index (χ4n) is 2.21. The van der Waals surface area contributed by atoms with Gasteiger partial charge >= 0.3 is 5.69 Å². The smallest absolute Gasteiger partial charge is 0.258 e. The Hall–Kier alpha value is -2.05. The summed E-state index contributed by atoms with van der Waals surface area (Å²) in [6, 6.07) is 4.50. The first-order valence-corrected chi connectivity index (χ1v) is 7.64. The summed E-state index contributed by atoms with van der Waals surface area (Å²) < 4.78 is 39.4. The zero-order chi connectivity index (χ0) is 15.6. The molecule has 112 valence electrons. The summed E-state index contributed by atoms with van der Waals surface area (Å²) in [6.45, 7) is 0.302. The van der Waals surface area contributed by atoms with Gasteiger partial charge in [0.2, 0.25) is 15.8 Å². The van der Waals surface area contributed by atoms with E-state index in [9.17, 15) is 22.9 Å². The van der Waals surface area contributed by atoms with E-state index in [2.05, 4.69) is 0 Å². The van der Waals surface area contributed by atoms with Crippen molar-refractivity contribution in [2.24, 2.45) is 5.92 Å². The number of nitro benzene ring substituents is 1. The Morgan fingerprint density at radius 2 is 2.19 bits per heavy atom. The highest BCUT2D eigenvalue weighted by Gasteiger charge is 2.31. The van der Waals surface area contributed by atoms with Crippen LogP contribution in [0.3, 0.4) is 0 Å². The SMILES string of the molecule is N#CC1CCCN(S(=O)(=O)c2ccc([N+](=O)[O-])c(F)c2)C1. The van der Waals surface area contributed by atoms with E-state index in [0.29, 0.717) is 18.9 Å². The molecule has 1 heterocycles. The summed E-state index contributed by atoms with van der Waals surface area (Å²) in [5, 5.41) is 19.4. The average molecular weight is 313 g/mol. The summed E-state index contributed by atoms with van der Waals surface area (Å²) in [4.78, 5) is 9.27. The maximum atomic E-state index is 13.6. The van der Waals surface area contributed by atoms with Crippen LogP contribution in [-0.4, -0.2) is 30.7 Å². The summed E-state index contributed by atoms with van der Waals surface area (Å²) in [6.07, 6.45) is 1.17. The lowest BCUT2D eigenvalue weighted by atomic mass is 10.0. The van der Waals surface area contributed by atoms with E-state index in [4.69, 9.17) is 5.26 Å². The molecule has 9 heteroatoms. The highest BCUT2D eigenvalue weighted by molar-refractivity contribution is 7.89. The largest absolute Gasteiger partial charge is 0.304 e. The van der Waals surface area contributed by atoms with E-state index >= 15 is 0 Å². The van der Waals surface area contributed by atoms with E-state index in [-0.39, 0.29) is 18.0 Å². The van der Waals surface area contributed by atoms with Crippen LogP contribution in [0.2, 0.25) is 0 Å². The van der Waals surface area contributed by atoms with Crippen molar-refractivity contribution in [3.05, 3.63) is 34.1 Å². The van der Waals surface area contributed by atoms with Crippen LogP contribution in [0, 0.1) is 33.2 Å². The molecule has 0 radical (unpaired) electrons. The van der Waals surface area contributed by atoms with Crippen molar-refractivity contribution in [1.82, 2.24) is 4.31 Å². The number of nitriles is 1. The lowest BCUT2D eigenvalue weighted by Gasteiger charge is -2.28. The second-order valence-corrected chi connectivity index (χ2v) is 6.64. The van der Waals surface area contributed by atoms with Crippen molar-refractivity contribution < 1.29 is 17.7 Å². The molecule has 21 heavy (non-hydrogen) atoms. The third-order valence-corrected chi connectivity index (χ3v) is 5.18. The first-order chi connectivity index (χ1) is 9.86. The van der Waals surface area contributed by atoms with Gasteiger partial charge in [-0.3, -0.25) is 10.1 Å². The Kier molecular flexibility index (Phi) is 4.20. The van der Waals surface area contributed by atoms with Crippen LogP contribution in [0.5, 0.6) is 0 Å². The zero-order valence-electron chi connectivity index (χ0n) is 10.9. The Morgan fingerprint density at radius 1 is 1.48 bits per heavy atom. The van der Waals surface area contributed by atoms with Gasteiger partial charge in [-0.2, -0.15) is 14.0 Å². The van der Waals surface area contributed by atoms with Crippen LogP contribution in [0.15, 0.2) is 23.1 Å². The molecule has 2 rings (SSSR count). The van der Waals surface area contributed by atoms with Gasteiger partial charge in [-0.1, -0.05) is 0 Å². The average Bonchev–Trinajstić information content (AvgIpc) is 2.46. The van der Waals surface area contributed by atoms with Gasteiger partial charge in [-0.15, -0.1) is 0 Å². The number of piperidine rings is 1. The highest BCUT2D eigenvalue weighted by atomic mass is 32.2. The minimum absolute atomic E-state index is 0.0530. The van der Waals surface area contributed by atoms with Crippen LogP contribution in [0.4, 0.5) is 10.1 Å². The van der Waals surface area contributed by atoms with Crippen LogP contribution in [0.1, 0.15) is 12.8 Å². The zero-order valence-corrected chi connectivity index (χ0v) is 11.7. The number of nitrogens with zero attached hydrogens (tertiary/aromatic N) is 3. The number of hydrogen-bond donors (Lipinski definition) is 0. The summed E-state index contributed by atoms with van der Waals surface area (Å²) in [5.41, 5.74) is -0.775. The van der Waals surface area contributed by atoms with Gasteiger partial charge in [0.25, 0.3) is 0 Å². The topological polar surface area (TPSA) is 104 Å². The Labute approximate surface area is 120 Å². The maximum Gasteiger partial charge on any atom is 0.304 e. The Morgan fingerprint density at radius 3 is 2.76 bits per heavy atom. The number of benzene rings is 1. The number of sulfonamides is 1. The normalized spacial score (nSPS) is 19.9. The number of hydrogen-bond acceptors (Lipinski definition) is 5. The Balaban J connectivity index is 2.34. The molecule has 0 saturated carbocycles. The van der Waals surface area contributed by atoms with E-state index in [1.165, 1.54) is 0 Å². The molecule has 7 nitrogen and oxygen atoms in total. The summed E-state index contributed by atoms with van der Waals surface area (Å²) >= 11 is 0. The van der Waals surface area contributed by atoms with Gasteiger partial charge in [0.05, 0.1) is 21.8 Å². The molecule has 1 aliphatic heterocycles. The summed E-state index contributed by atoms with van der Waals surface area (Å²) in [7, 11) is -3.95. The van der Waals surface area contributed by atoms with Gasteiger partial charge in [0, 0.05) is 25.2 Å². The third kappa shape index (κ3) is 3.01. The highest BCUT2D eigenvalue weighted by Crippen LogP contribution is 2.26. The number of rotatable bonds is 3. The molecule has 1 atom stereocenters. The minimum atomic E-state index is -3.95. The Bertz CT molecular complexity index is 714. The molecule has 0 amide bonds. The van der Waals surface area contributed by atoms with Gasteiger partial charge in [0.15, 0.2) is 0 Å². The fraction of sp³-hybridized carbons (Fsp3) is 0.417. The van der Waals surface area contributed by atoms with Gasteiger partial charge in [-0.25, -0.2) is 8.42 Å². The van der Waals surface area contributed by atoms with Crippen LogP contribution >= 0.6 is 0 Å². The number of nitro groups is 1. The van der Waals surface area contributed by atoms with Gasteiger partial charge in [-0.05, 0) is 18.9 Å². The quantitative estimate of drug-likeness (QED) is 0.623. The van der Waals surface area contributed by atoms with E-state index in [0.717, 1.165) is 16.4 Å². The first kappa shape index (κ1) is 15.3. The predicted molar refractivity (Wildman–Crippen MR) is 70.2 cm³/mol. The molecule has 1 aromatic rings. The van der Waals surface area contributed by atoms with Crippen LogP contribution in [-0.2, 0) is 10.0 Å². The molecular weight excluding hydrogens is 301 g/mol. The monoisotopic (exact) mass is 313 g/mol. The molecule has 0 bridgehead atoms. The maximum absolute atomic E-state index is 13.6. The first-order valence-electron chi connectivity index (χ1n) is 6.20. The minimum Gasteiger partial charge on any atom is -0.258 e. The molecule has 1 fully saturated rings. The van der Waals surface area contributed by atoms with E-state index in [1.54, 1.807) is 0 Å². The van der Waals surface area contributed by atoms with Crippen molar-refractivity contribution in [3.63, 3.8) is 0 Å². The van der Waals surface area contributed by atoms with Crippen LogP contribution in [0.25, 0.3) is 0 Å². The van der Waals surface area contributed by atoms with Crippen molar-refractivity contribution in [3.8, 4) is 6.07 Å². The standard InChI is InChI=1S/C12H12FN3O4S/c13-11-6-10(3-4-12(11)16(17)18)21(19,20)15-5-1-2-9(7-14)8-15/h3-4,6,9H,1-2,5,8H2. The molecular formula is C12H12FN3O4S. The van der Waals surface area contributed by atoms with Crippen molar-refractivity contribution >= 4 is 15.7 Å². The molecule has 0 aromatic heterocycles. The van der Waals surface area contributed by atoms with Crippen molar-refractivity contribution in [2.75, 3.05) is 13.1 Å². The molecule has 1 saturated heterocycles. The molecule has 1 unspecified atom stereocenters. The van der Waals surface area contributed by atoms with E-state index < -0.39 is 32.4 Å². The molecule has 0 N–H and O–H groups in total.